The Balaban J connectivity index is 2.78. The van der Waals surface area contributed by atoms with Crippen LogP contribution in [0.4, 0.5) is 0 Å². The maximum atomic E-state index is 11.8. The fourth-order valence-corrected chi connectivity index (χ4v) is 2.89. The van der Waals surface area contributed by atoms with Crippen LogP contribution in [0.1, 0.15) is 19.4 Å². The number of rotatable bonds is 5. The van der Waals surface area contributed by atoms with Gasteiger partial charge in [-0.05, 0) is 19.4 Å². The lowest BCUT2D eigenvalue weighted by molar-refractivity contribution is 0.304. The van der Waals surface area contributed by atoms with Crippen LogP contribution in [0.3, 0.4) is 0 Å². The molecular weight excluding hydrogens is 333 g/mol. The molecule has 0 aliphatic carbocycles. The number of halogens is 3. The van der Waals surface area contributed by atoms with Crippen LogP contribution in [-0.4, -0.2) is 18.8 Å². The first kappa shape index (κ1) is 17.0. The summed E-state index contributed by atoms with van der Waals surface area (Å²) in [5, 5.41) is 0. The van der Waals surface area contributed by atoms with Gasteiger partial charge in [0.05, 0.1) is 5.54 Å². The highest BCUT2D eigenvalue weighted by Crippen LogP contribution is 2.27. The summed E-state index contributed by atoms with van der Waals surface area (Å²) in [6.07, 6.45) is 0. The third-order valence-electron chi connectivity index (χ3n) is 2.25. The van der Waals surface area contributed by atoms with Crippen LogP contribution in [0.25, 0.3) is 0 Å². The fourth-order valence-electron chi connectivity index (χ4n) is 1.40. The molecule has 0 bridgehead atoms. The highest BCUT2D eigenvalue weighted by molar-refractivity contribution is 7.84. The second-order valence-corrected chi connectivity index (χ2v) is 8.29. The maximum Gasteiger partial charge on any atom is 0.336 e. The van der Waals surface area contributed by atoms with Gasteiger partial charge in [0.15, 0.2) is 0 Å². The molecule has 0 heterocycles. The zero-order valence-corrected chi connectivity index (χ0v) is 13.4. The summed E-state index contributed by atoms with van der Waals surface area (Å²) < 4.78 is 28.7. The molecule has 0 radical (unpaired) electrons. The molecule has 0 fully saturated rings. The van der Waals surface area contributed by atoms with E-state index in [1.165, 1.54) is 0 Å². The van der Waals surface area contributed by atoms with Crippen molar-refractivity contribution in [2.24, 2.45) is 0 Å². The second kappa shape index (κ2) is 6.16. The van der Waals surface area contributed by atoms with Crippen LogP contribution in [0.15, 0.2) is 30.3 Å². The smallest absolute Gasteiger partial charge is 0.254 e. The molecule has 0 saturated heterocycles. The Hall–Kier alpha value is -0.0400. The molecule has 1 rings (SSSR count). The van der Waals surface area contributed by atoms with E-state index in [4.69, 9.17) is 34.8 Å². The minimum absolute atomic E-state index is 0.558. The van der Waals surface area contributed by atoms with Crippen molar-refractivity contribution in [2.45, 2.75) is 23.2 Å². The molecule has 1 N–H and O–H groups in total. The Morgan fingerprint density at radius 3 is 2.16 bits per heavy atom. The monoisotopic (exact) mass is 345 g/mol. The van der Waals surface area contributed by atoms with Crippen LogP contribution in [0.5, 0.6) is 0 Å². The van der Waals surface area contributed by atoms with Crippen LogP contribution in [0.2, 0.25) is 0 Å². The molecule has 0 aliphatic rings. The predicted octanol–water partition coefficient (Wildman–Crippen LogP) is 3.14. The Kier molecular flexibility index (Phi) is 5.52. The van der Waals surface area contributed by atoms with E-state index in [0.717, 1.165) is 5.56 Å². The quantitative estimate of drug-likeness (QED) is 0.833. The minimum Gasteiger partial charge on any atom is -0.254 e. The molecule has 108 valence electrons. The van der Waals surface area contributed by atoms with Crippen LogP contribution < -0.4 is 4.72 Å². The average Bonchev–Trinajstić information content (AvgIpc) is 2.26. The first-order chi connectivity index (χ1) is 8.52. The van der Waals surface area contributed by atoms with Crippen molar-refractivity contribution in [1.29, 1.82) is 0 Å². The molecule has 19 heavy (non-hydrogen) atoms. The van der Waals surface area contributed by atoms with Crippen molar-refractivity contribution in [3.05, 3.63) is 35.9 Å². The molecule has 0 saturated carbocycles. The van der Waals surface area contributed by atoms with Gasteiger partial charge >= 0.3 is 10.3 Å². The summed E-state index contributed by atoms with van der Waals surface area (Å²) in [4.78, 5) is 0. The SMILES string of the molecule is CC(C)(NS(=O)(=O)OCC(Cl)(Cl)Cl)c1ccccc1. The number of benzene rings is 1. The zero-order chi connectivity index (χ0) is 14.7. The molecule has 0 amide bonds. The first-order valence-corrected chi connectivity index (χ1v) is 7.87. The Morgan fingerprint density at radius 2 is 1.68 bits per heavy atom. The molecule has 0 unspecified atom stereocenters. The standard InChI is InChI=1S/C11H14Cl3NO3S/c1-10(2,9-6-4-3-5-7-9)15-19(16,17)18-8-11(12,13)14/h3-7,15H,8H2,1-2H3. The summed E-state index contributed by atoms with van der Waals surface area (Å²) in [6.45, 7) is 2.86. The van der Waals surface area contributed by atoms with Crippen molar-refractivity contribution >= 4 is 45.1 Å². The van der Waals surface area contributed by atoms with Crippen LogP contribution >= 0.6 is 34.8 Å². The Morgan fingerprint density at radius 1 is 1.16 bits per heavy atom. The summed E-state index contributed by atoms with van der Waals surface area (Å²) in [6, 6.07) is 9.07. The van der Waals surface area contributed by atoms with Gasteiger partial charge in [-0.2, -0.15) is 13.1 Å². The van der Waals surface area contributed by atoms with E-state index < -0.39 is 26.2 Å². The minimum atomic E-state index is -4.02. The maximum absolute atomic E-state index is 11.8. The van der Waals surface area contributed by atoms with Crippen molar-refractivity contribution in [1.82, 2.24) is 4.72 Å². The molecule has 1 aromatic rings. The molecule has 0 aromatic heterocycles. The highest BCUT2D eigenvalue weighted by atomic mass is 35.6. The number of nitrogens with one attached hydrogen (secondary N) is 1. The van der Waals surface area contributed by atoms with Gasteiger partial charge in [-0.3, -0.25) is 4.18 Å². The zero-order valence-electron chi connectivity index (χ0n) is 10.4. The topological polar surface area (TPSA) is 55.4 Å². The van der Waals surface area contributed by atoms with Gasteiger partial charge in [-0.25, -0.2) is 0 Å². The van der Waals surface area contributed by atoms with Gasteiger partial charge in [0.1, 0.15) is 6.61 Å². The average molecular weight is 347 g/mol. The van der Waals surface area contributed by atoms with E-state index in [1.807, 2.05) is 18.2 Å². The van der Waals surface area contributed by atoms with Crippen LogP contribution in [-0.2, 0) is 20.0 Å². The van der Waals surface area contributed by atoms with Gasteiger partial charge in [0.2, 0.25) is 3.79 Å². The fraction of sp³-hybridized carbons (Fsp3) is 0.455. The normalized spacial score (nSPS) is 13.5. The van der Waals surface area contributed by atoms with E-state index in [0.29, 0.717) is 0 Å². The highest BCUT2D eigenvalue weighted by Gasteiger charge is 2.30. The number of hydrogen-bond donors (Lipinski definition) is 1. The van der Waals surface area contributed by atoms with E-state index in [2.05, 4.69) is 8.91 Å². The molecule has 1 aromatic carbocycles. The van der Waals surface area contributed by atoms with E-state index >= 15 is 0 Å². The van der Waals surface area contributed by atoms with Crippen molar-refractivity contribution in [2.75, 3.05) is 6.61 Å². The van der Waals surface area contributed by atoms with Crippen molar-refractivity contribution in [3.63, 3.8) is 0 Å². The summed E-state index contributed by atoms with van der Waals surface area (Å²) in [7, 11) is -4.02. The van der Waals surface area contributed by atoms with Crippen molar-refractivity contribution in [3.8, 4) is 0 Å². The van der Waals surface area contributed by atoms with Gasteiger partial charge < -0.3 is 0 Å². The van der Waals surface area contributed by atoms with E-state index in [1.54, 1.807) is 26.0 Å². The third-order valence-corrected chi connectivity index (χ3v) is 3.77. The molecule has 0 aliphatic heterocycles. The second-order valence-electron chi connectivity index (χ2n) is 4.42. The van der Waals surface area contributed by atoms with E-state index in [9.17, 15) is 8.42 Å². The molecule has 0 atom stereocenters. The van der Waals surface area contributed by atoms with Crippen molar-refractivity contribution < 1.29 is 12.6 Å². The molecule has 4 nitrogen and oxygen atoms in total. The summed E-state index contributed by atoms with van der Waals surface area (Å²) >= 11 is 16.3. The lowest BCUT2D eigenvalue weighted by Crippen LogP contribution is -2.42. The lowest BCUT2D eigenvalue weighted by atomic mass is 9.96. The predicted molar refractivity (Wildman–Crippen MR) is 77.8 cm³/mol. The first-order valence-electron chi connectivity index (χ1n) is 5.32. The van der Waals surface area contributed by atoms with Gasteiger partial charge in [-0.1, -0.05) is 65.1 Å². The molecule has 0 spiro atoms. The number of hydrogen-bond acceptors (Lipinski definition) is 3. The lowest BCUT2D eigenvalue weighted by Gasteiger charge is -2.26. The Labute approximate surface area is 128 Å². The summed E-state index contributed by atoms with van der Waals surface area (Å²) in [5.41, 5.74) is -0.0516. The van der Waals surface area contributed by atoms with E-state index in [-0.39, 0.29) is 0 Å². The van der Waals surface area contributed by atoms with Gasteiger partial charge in [0, 0.05) is 0 Å². The number of alkyl halides is 3. The van der Waals surface area contributed by atoms with Crippen LogP contribution in [0, 0.1) is 0 Å². The summed E-state index contributed by atoms with van der Waals surface area (Å²) in [5.74, 6) is 0. The van der Waals surface area contributed by atoms with Gasteiger partial charge in [0.25, 0.3) is 0 Å². The van der Waals surface area contributed by atoms with Gasteiger partial charge in [-0.15, -0.1) is 0 Å². The largest absolute Gasteiger partial charge is 0.336 e. The third kappa shape index (κ3) is 6.29. The molecular formula is C11H14Cl3NO3S. The Bertz CT molecular complexity index is 512. The molecule has 8 heteroatoms.